The van der Waals surface area contributed by atoms with E-state index in [-0.39, 0.29) is 5.91 Å². The van der Waals surface area contributed by atoms with Gasteiger partial charge in [0.25, 0.3) is 5.91 Å². The molecule has 7 heteroatoms. The van der Waals surface area contributed by atoms with E-state index < -0.39 is 7.75 Å². The molecule has 1 amide bonds. The highest BCUT2D eigenvalue weighted by atomic mass is 31.2. The molecule has 1 aliphatic rings. The van der Waals surface area contributed by atoms with E-state index in [1.54, 1.807) is 46.0 Å². The number of hydrogen-bond donors (Lipinski definition) is 0. The van der Waals surface area contributed by atoms with Crippen LogP contribution in [0.15, 0.2) is 91.0 Å². The van der Waals surface area contributed by atoms with Gasteiger partial charge < -0.3 is 13.9 Å². The maximum absolute atomic E-state index is 13.8. The van der Waals surface area contributed by atoms with Gasteiger partial charge in [-0.15, -0.1) is 0 Å². The molecule has 0 aromatic heterocycles. The number of carbonyl (C=O) groups excluding carboxylic acids is 1. The Morgan fingerprint density at radius 1 is 0.667 bits per heavy atom. The molecule has 0 saturated carbocycles. The van der Waals surface area contributed by atoms with Gasteiger partial charge in [-0.1, -0.05) is 54.6 Å². The first-order valence-electron chi connectivity index (χ1n) is 9.83. The zero-order chi connectivity index (χ0) is 20.8. The number of piperazine rings is 1. The summed E-state index contributed by atoms with van der Waals surface area (Å²) in [7, 11) is -3.67. The summed E-state index contributed by atoms with van der Waals surface area (Å²) >= 11 is 0. The van der Waals surface area contributed by atoms with Crippen molar-refractivity contribution >= 4 is 13.7 Å². The van der Waals surface area contributed by atoms with Crippen LogP contribution >= 0.6 is 7.75 Å². The Balaban J connectivity index is 1.50. The van der Waals surface area contributed by atoms with Gasteiger partial charge in [0.05, 0.1) is 0 Å². The zero-order valence-electron chi connectivity index (χ0n) is 16.5. The van der Waals surface area contributed by atoms with Crippen LogP contribution in [0.25, 0.3) is 0 Å². The fourth-order valence-corrected chi connectivity index (χ4v) is 4.98. The second-order valence-electron chi connectivity index (χ2n) is 6.89. The lowest BCUT2D eigenvalue weighted by atomic mass is 10.2. The number of para-hydroxylation sites is 2. The van der Waals surface area contributed by atoms with E-state index in [0.717, 1.165) is 0 Å². The molecule has 3 aromatic carbocycles. The first kappa shape index (κ1) is 20.2. The van der Waals surface area contributed by atoms with Gasteiger partial charge in [-0.3, -0.25) is 4.79 Å². The largest absolute Gasteiger partial charge is 0.515 e. The lowest BCUT2D eigenvalue weighted by Crippen LogP contribution is -2.48. The molecule has 0 unspecified atom stereocenters. The van der Waals surface area contributed by atoms with Gasteiger partial charge in [0.15, 0.2) is 0 Å². The molecule has 0 atom stereocenters. The number of benzene rings is 3. The molecule has 30 heavy (non-hydrogen) atoms. The van der Waals surface area contributed by atoms with Gasteiger partial charge in [-0.25, -0.2) is 4.57 Å². The topological polar surface area (TPSA) is 59.1 Å². The minimum atomic E-state index is -3.67. The van der Waals surface area contributed by atoms with Gasteiger partial charge in [-0.05, 0) is 36.4 Å². The van der Waals surface area contributed by atoms with E-state index >= 15 is 0 Å². The third-order valence-electron chi connectivity index (χ3n) is 4.84. The molecule has 1 fully saturated rings. The van der Waals surface area contributed by atoms with E-state index in [4.69, 9.17) is 9.05 Å². The first-order chi connectivity index (χ1) is 14.6. The molecule has 0 N–H and O–H groups in total. The Hall–Kier alpha value is -3.08. The quantitative estimate of drug-likeness (QED) is 0.539. The molecule has 1 heterocycles. The predicted molar refractivity (Wildman–Crippen MR) is 116 cm³/mol. The van der Waals surface area contributed by atoms with Gasteiger partial charge in [-0.2, -0.15) is 4.67 Å². The van der Waals surface area contributed by atoms with Gasteiger partial charge in [0.1, 0.15) is 11.5 Å². The van der Waals surface area contributed by atoms with Crippen LogP contribution in [0.1, 0.15) is 10.4 Å². The molecule has 4 rings (SSSR count). The molecule has 0 radical (unpaired) electrons. The minimum absolute atomic E-state index is 0.0296. The molecule has 1 saturated heterocycles. The summed E-state index contributed by atoms with van der Waals surface area (Å²) < 4.78 is 27.3. The van der Waals surface area contributed by atoms with Crippen molar-refractivity contribution in [2.75, 3.05) is 26.2 Å². The maximum atomic E-state index is 13.8. The van der Waals surface area contributed by atoms with Crippen LogP contribution in [0.2, 0.25) is 0 Å². The third kappa shape index (κ3) is 4.73. The fraction of sp³-hybridized carbons (Fsp3) is 0.174. The van der Waals surface area contributed by atoms with Crippen molar-refractivity contribution in [1.29, 1.82) is 0 Å². The summed E-state index contributed by atoms with van der Waals surface area (Å²) in [5.41, 5.74) is 0.648. The molecule has 1 aliphatic heterocycles. The Morgan fingerprint density at radius 3 is 1.57 bits per heavy atom. The smallest absolute Gasteiger partial charge is 0.404 e. The second kappa shape index (κ2) is 9.16. The minimum Gasteiger partial charge on any atom is -0.404 e. The Bertz CT molecular complexity index is 962. The summed E-state index contributed by atoms with van der Waals surface area (Å²) in [4.78, 5) is 14.5. The SMILES string of the molecule is O=C(c1ccccc1)N1CCN(P(=O)(Oc2ccccc2)Oc2ccccc2)CC1. The van der Waals surface area contributed by atoms with Crippen LogP contribution in [0, 0.1) is 0 Å². The summed E-state index contributed by atoms with van der Waals surface area (Å²) in [5.74, 6) is 0.914. The van der Waals surface area contributed by atoms with Crippen molar-refractivity contribution in [2.24, 2.45) is 0 Å². The van der Waals surface area contributed by atoms with E-state index in [1.807, 2.05) is 54.6 Å². The van der Waals surface area contributed by atoms with Crippen molar-refractivity contribution in [3.8, 4) is 11.5 Å². The van der Waals surface area contributed by atoms with E-state index in [2.05, 4.69) is 0 Å². The number of amides is 1. The van der Waals surface area contributed by atoms with Crippen LogP contribution in [0.4, 0.5) is 0 Å². The Morgan fingerprint density at radius 2 is 1.10 bits per heavy atom. The first-order valence-corrected chi connectivity index (χ1v) is 11.3. The van der Waals surface area contributed by atoms with Crippen molar-refractivity contribution in [1.82, 2.24) is 9.57 Å². The van der Waals surface area contributed by atoms with E-state index in [9.17, 15) is 9.36 Å². The number of carbonyl (C=O) groups is 1. The van der Waals surface area contributed by atoms with Crippen LogP contribution in [0.3, 0.4) is 0 Å². The molecule has 0 aliphatic carbocycles. The van der Waals surface area contributed by atoms with Crippen molar-refractivity contribution < 1.29 is 18.4 Å². The van der Waals surface area contributed by atoms with Crippen molar-refractivity contribution in [2.45, 2.75) is 0 Å². The predicted octanol–water partition coefficient (Wildman–Crippen LogP) is 4.71. The molecular formula is C23H23N2O4P. The molecular weight excluding hydrogens is 399 g/mol. The zero-order valence-corrected chi connectivity index (χ0v) is 17.4. The lowest BCUT2D eigenvalue weighted by Gasteiger charge is -2.37. The molecule has 0 bridgehead atoms. The highest BCUT2D eigenvalue weighted by molar-refractivity contribution is 7.52. The summed E-state index contributed by atoms with van der Waals surface area (Å²) in [6.07, 6.45) is 0. The molecule has 0 spiro atoms. The summed E-state index contributed by atoms with van der Waals surface area (Å²) in [6.45, 7) is 1.65. The standard InChI is InChI=1S/C23H23N2O4P/c26-23(20-10-4-1-5-11-20)24-16-18-25(19-17-24)30(27,28-21-12-6-2-7-13-21)29-22-14-8-3-9-15-22/h1-15H,16-19H2. The Labute approximate surface area is 176 Å². The van der Waals surface area contributed by atoms with Gasteiger partial charge >= 0.3 is 7.75 Å². The highest BCUT2D eigenvalue weighted by Gasteiger charge is 2.40. The molecule has 154 valence electrons. The molecule has 6 nitrogen and oxygen atoms in total. The average molecular weight is 422 g/mol. The normalized spacial score (nSPS) is 14.9. The van der Waals surface area contributed by atoms with Gasteiger partial charge in [0, 0.05) is 31.7 Å². The lowest BCUT2D eigenvalue weighted by molar-refractivity contribution is 0.0682. The van der Waals surface area contributed by atoms with Crippen LogP contribution in [0.5, 0.6) is 11.5 Å². The van der Waals surface area contributed by atoms with Crippen LogP contribution < -0.4 is 9.05 Å². The van der Waals surface area contributed by atoms with Crippen molar-refractivity contribution in [3.05, 3.63) is 96.6 Å². The third-order valence-corrected chi connectivity index (χ3v) is 6.81. The van der Waals surface area contributed by atoms with Crippen LogP contribution in [-0.4, -0.2) is 41.7 Å². The Kier molecular flexibility index (Phi) is 6.17. The van der Waals surface area contributed by atoms with E-state index in [0.29, 0.717) is 43.2 Å². The average Bonchev–Trinajstić information content (AvgIpc) is 2.80. The second-order valence-corrected chi connectivity index (χ2v) is 8.76. The summed E-state index contributed by atoms with van der Waals surface area (Å²) in [6, 6.07) is 27.2. The van der Waals surface area contributed by atoms with Crippen molar-refractivity contribution in [3.63, 3.8) is 0 Å². The maximum Gasteiger partial charge on any atom is 0.515 e. The monoisotopic (exact) mass is 422 g/mol. The summed E-state index contributed by atoms with van der Waals surface area (Å²) in [5, 5.41) is 0. The fourth-order valence-electron chi connectivity index (χ4n) is 3.27. The van der Waals surface area contributed by atoms with Gasteiger partial charge in [0.2, 0.25) is 0 Å². The molecule has 3 aromatic rings. The van der Waals surface area contributed by atoms with E-state index in [1.165, 1.54) is 0 Å². The van der Waals surface area contributed by atoms with Crippen LogP contribution in [-0.2, 0) is 4.57 Å². The number of rotatable bonds is 6. The highest BCUT2D eigenvalue weighted by Crippen LogP contribution is 2.52. The number of hydrogen-bond acceptors (Lipinski definition) is 4. The number of nitrogens with zero attached hydrogens (tertiary/aromatic N) is 2.